The first-order chi connectivity index (χ1) is 9.13. The number of ether oxygens (including phenoxy) is 1. The predicted octanol–water partition coefficient (Wildman–Crippen LogP) is 3.51. The quantitative estimate of drug-likeness (QED) is 0.477. The van der Waals surface area contributed by atoms with Crippen LogP contribution in [0.4, 0.5) is 5.69 Å². The predicted molar refractivity (Wildman–Crippen MR) is 69.7 cm³/mol. The van der Waals surface area contributed by atoms with Crippen LogP contribution in [0.1, 0.15) is 15.9 Å². The Morgan fingerprint density at radius 1 is 1.11 bits per heavy atom. The van der Waals surface area contributed by atoms with Crippen LogP contribution >= 0.6 is 0 Å². The van der Waals surface area contributed by atoms with Crippen LogP contribution in [0, 0.1) is 17.0 Å². The first-order valence-electron chi connectivity index (χ1n) is 5.59. The molecule has 0 radical (unpaired) electrons. The molecule has 2 aromatic rings. The van der Waals surface area contributed by atoms with Gasteiger partial charge in [-0.3, -0.25) is 14.9 Å². The van der Waals surface area contributed by atoms with Crippen molar-refractivity contribution in [2.75, 3.05) is 0 Å². The van der Waals surface area contributed by atoms with Crippen molar-refractivity contribution in [1.29, 1.82) is 0 Å². The van der Waals surface area contributed by atoms with Gasteiger partial charge in [0.2, 0.25) is 5.75 Å². The van der Waals surface area contributed by atoms with E-state index >= 15 is 0 Å². The summed E-state index contributed by atoms with van der Waals surface area (Å²) in [4.78, 5) is 21.4. The molecule has 0 aliphatic carbocycles. The molecule has 2 rings (SSSR count). The standard InChI is InChI=1S/C14H11NO4/c1-10-5-4-8-13(14(10)15(17)18)19-12-7-3-2-6-11(12)9-16/h2-9H,1H3. The summed E-state index contributed by atoms with van der Waals surface area (Å²) >= 11 is 0. The van der Waals surface area contributed by atoms with E-state index in [0.29, 0.717) is 23.2 Å². The Hall–Kier alpha value is -2.69. The topological polar surface area (TPSA) is 69.4 Å². The molecule has 5 nitrogen and oxygen atoms in total. The van der Waals surface area contributed by atoms with Crippen LogP contribution in [0.5, 0.6) is 11.5 Å². The Morgan fingerprint density at radius 2 is 1.79 bits per heavy atom. The molecule has 0 aliphatic rings. The molecule has 2 aromatic carbocycles. The lowest BCUT2D eigenvalue weighted by Gasteiger charge is -2.09. The summed E-state index contributed by atoms with van der Waals surface area (Å²) in [5.74, 6) is 0.422. The highest BCUT2D eigenvalue weighted by Gasteiger charge is 2.19. The third-order valence-corrected chi connectivity index (χ3v) is 2.65. The zero-order valence-corrected chi connectivity index (χ0v) is 10.2. The molecule has 0 heterocycles. The highest BCUT2D eigenvalue weighted by molar-refractivity contribution is 5.79. The molecule has 19 heavy (non-hydrogen) atoms. The summed E-state index contributed by atoms with van der Waals surface area (Å²) in [5.41, 5.74) is 0.757. The van der Waals surface area contributed by atoms with Crippen LogP contribution in [-0.4, -0.2) is 11.2 Å². The SMILES string of the molecule is Cc1cccc(Oc2ccccc2C=O)c1[N+](=O)[O-]. The van der Waals surface area contributed by atoms with Crippen molar-refractivity contribution in [1.82, 2.24) is 0 Å². The van der Waals surface area contributed by atoms with Crippen LogP contribution in [0.25, 0.3) is 0 Å². The summed E-state index contributed by atoms with van der Waals surface area (Å²) in [6, 6.07) is 11.4. The first kappa shape index (κ1) is 12.8. The molecule has 0 atom stereocenters. The smallest absolute Gasteiger partial charge is 0.314 e. The summed E-state index contributed by atoms with van der Waals surface area (Å²) in [6.45, 7) is 1.64. The van der Waals surface area contributed by atoms with E-state index in [1.54, 1.807) is 43.3 Å². The fourth-order valence-corrected chi connectivity index (χ4v) is 1.74. The second-order valence-electron chi connectivity index (χ2n) is 3.94. The molecule has 0 spiro atoms. The van der Waals surface area contributed by atoms with Crippen LogP contribution in [0.3, 0.4) is 0 Å². The van der Waals surface area contributed by atoms with Crippen molar-refractivity contribution in [3.63, 3.8) is 0 Å². The van der Waals surface area contributed by atoms with Gasteiger partial charge in [-0.1, -0.05) is 24.3 Å². The lowest BCUT2D eigenvalue weighted by atomic mass is 10.2. The highest BCUT2D eigenvalue weighted by atomic mass is 16.6. The van der Waals surface area contributed by atoms with E-state index in [1.165, 1.54) is 6.07 Å². The van der Waals surface area contributed by atoms with Gasteiger partial charge < -0.3 is 4.74 Å². The van der Waals surface area contributed by atoms with Crippen molar-refractivity contribution in [2.24, 2.45) is 0 Å². The fraction of sp³-hybridized carbons (Fsp3) is 0.0714. The number of carbonyl (C=O) groups excluding carboxylic acids is 1. The molecular formula is C14H11NO4. The molecule has 0 saturated carbocycles. The minimum Gasteiger partial charge on any atom is -0.449 e. The summed E-state index contributed by atoms with van der Waals surface area (Å²) in [7, 11) is 0. The van der Waals surface area contributed by atoms with Crippen molar-refractivity contribution in [3.05, 3.63) is 63.7 Å². The molecule has 0 aliphatic heterocycles. The van der Waals surface area contributed by atoms with Crippen molar-refractivity contribution in [3.8, 4) is 11.5 Å². The Labute approximate surface area is 109 Å². The summed E-state index contributed by atoms with van der Waals surface area (Å²) in [6.07, 6.45) is 0.650. The number of hydrogen-bond acceptors (Lipinski definition) is 4. The molecule has 5 heteroatoms. The lowest BCUT2D eigenvalue weighted by molar-refractivity contribution is -0.386. The minimum atomic E-state index is -0.492. The third kappa shape index (κ3) is 2.60. The number of aryl methyl sites for hydroxylation is 1. The zero-order chi connectivity index (χ0) is 13.8. The monoisotopic (exact) mass is 257 g/mol. The second kappa shape index (κ2) is 5.30. The van der Waals surface area contributed by atoms with E-state index in [0.717, 1.165) is 0 Å². The first-order valence-corrected chi connectivity index (χ1v) is 5.59. The summed E-state index contributed by atoms with van der Waals surface area (Å²) in [5, 5.41) is 11.0. The normalized spacial score (nSPS) is 9.95. The average molecular weight is 257 g/mol. The van der Waals surface area contributed by atoms with E-state index in [4.69, 9.17) is 4.74 Å². The van der Waals surface area contributed by atoms with Crippen molar-refractivity contribution in [2.45, 2.75) is 6.92 Å². The molecule has 0 N–H and O–H groups in total. The van der Waals surface area contributed by atoms with Crippen LogP contribution in [-0.2, 0) is 0 Å². The number of aldehydes is 1. The third-order valence-electron chi connectivity index (χ3n) is 2.65. The Bertz CT molecular complexity index is 637. The maximum Gasteiger partial charge on any atom is 0.314 e. The molecular weight excluding hydrogens is 246 g/mol. The van der Waals surface area contributed by atoms with Gasteiger partial charge in [-0.15, -0.1) is 0 Å². The van der Waals surface area contributed by atoms with Gasteiger partial charge in [-0.25, -0.2) is 0 Å². The van der Waals surface area contributed by atoms with E-state index in [1.807, 2.05) is 0 Å². The van der Waals surface area contributed by atoms with Crippen LogP contribution < -0.4 is 4.74 Å². The minimum absolute atomic E-state index is 0.0943. The molecule has 96 valence electrons. The summed E-state index contributed by atoms with van der Waals surface area (Å²) < 4.78 is 5.50. The number of nitrogens with zero attached hydrogens (tertiary/aromatic N) is 1. The van der Waals surface area contributed by atoms with Crippen molar-refractivity contribution >= 4 is 12.0 Å². The van der Waals surface area contributed by atoms with E-state index in [2.05, 4.69) is 0 Å². The number of para-hydroxylation sites is 2. The number of carbonyl (C=O) groups is 1. The number of nitro benzene ring substituents is 1. The number of rotatable bonds is 4. The van der Waals surface area contributed by atoms with Gasteiger partial charge in [0.1, 0.15) is 5.75 Å². The van der Waals surface area contributed by atoms with Gasteiger partial charge >= 0.3 is 5.69 Å². The van der Waals surface area contributed by atoms with Gasteiger partial charge in [-0.2, -0.15) is 0 Å². The maximum absolute atomic E-state index is 11.0. The van der Waals surface area contributed by atoms with E-state index in [9.17, 15) is 14.9 Å². The number of hydrogen-bond donors (Lipinski definition) is 0. The molecule has 0 bridgehead atoms. The number of nitro groups is 1. The van der Waals surface area contributed by atoms with Gasteiger partial charge in [0.15, 0.2) is 6.29 Å². The van der Waals surface area contributed by atoms with E-state index in [-0.39, 0.29) is 11.4 Å². The van der Waals surface area contributed by atoms with Crippen LogP contribution in [0.15, 0.2) is 42.5 Å². The van der Waals surface area contributed by atoms with Crippen molar-refractivity contribution < 1.29 is 14.5 Å². The second-order valence-corrected chi connectivity index (χ2v) is 3.94. The van der Waals surface area contributed by atoms with Gasteiger partial charge in [0, 0.05) is 5.56 Å². The Balaban J connectivity index is 2.47. The van der Waals surface area contributed by atoms with E-state index < -0.39 is 4.92 Å². The van der Waals surface area contributed by atoms with Gasteiger partial charge in [0.05, 0.1) is 10.5 Å². The molecule has 0 amide bonds. The highest BCUT2D eigenvalue weighted by Crippen LogP contribution is 2.34. The maximum atomic E-state index is 11.0. The lowest BCUT2D eigenvalue weighted by Crippen LogP contribution is -1.97. The molecule has 0 saturated heterocycles. The molecule has 0 fully saturated rings. The fourth-order valence-electron chi connectivity index (χ4n) is 1.74. The molecule has 0 unspecified atom stereocenters. The average Bonchev–Trinajstić information content (AvgIpc) is 2.39. The van der Waals surface area contributed by atoms with Gasteiger partial charge in [0.25, 0.3) is 0 Å². The Morgan fingerprint density at radius 3 is 2.47 bits per heavy atom. The molecule has 0 aromatic heterocycles. The largest absolute Gasteiger partial charge is 0.449 e. The van der Waals surface area contributed by atoms with Gasteiger partial charge in [-0.05, 0) is 25.1 Å². The Kier molecular flexibility index (Phi) is 3.56. The zero-order valence-electron chi connectivity index (χ0n) is 10.2. The number of benzene rings is 2. The van der Waals surface area contributed by atoms with Crippen LogP contribution in [0.2, 0.25) is 0 Å².